The standard InChI is InChI=1S/C13H18O5/c1-3-4-5-9(14)11-8(13(16)17)6-7-10(15)12(11)18-2/h6-7,9,14-15H,3-5H2,1-2H3,(H,16,17). The molecule has 0 spiro atoms. The lowest BCUT2D eigenvalue weighted by Crippen LogP contribution is -2.09. The van der Waals surface area contributed by atoms with Crippen LogP contribution in [-0.2, 0) is 0 Å². The molecule has 0 amide bonds. The molecule has 1 atom stereocenters. The molecule has 1 aromatic carbocycles. The van der Waals surface area contributed by atoms with Crippen molar-refractivity contribution >= 4 is 5.97 Å². The number of benzene rings is 1. The van der Waals surface area contributed by atoms with Gasteiger partial charge in [0.15, 0.2) is 11.5 Å². The second-order valence-electron chi connectivity index (χ2n) is 4.04. The molecule has 0 radical (unpaired) electrons. The maximum atomic E-state index is 11.1. The van der Waals surface area contributed by atoms with Crippen molar-refractivity contribution in [2.75, 3.05) is 7.11 Å². The smallest absolute Gasteiger partial charge is 0.336 e. The molecule has 3 N–H and O–H groups in total. The van der Waals surface area contributed by atoms with Gasteiger partial charge in [-0.25, -0.2) is 4.79 Å². The molecule has 0 heterocycles. The number of phenolic OH excluding ortho intramolecular Hbond substituents is 1. The van der Waals surface area contributed by atoms with Crippen molar-refractivity contribution in [2.45, 2.75) is 32.3 Å². The van der Waals surface area contributed by atoms with Crippen molar-refractivity contribution in [1.82, 2.24) is 0 Å². The number of carboxylic acid groups (broad SMARTS) is 1. The van der Waals surface area contributed by atoms with Gasteiger partial charge in [0.25, 0.3) is 0 Å². The minimum absolute atomic E-state index is 0.0264. The Morgan fingerprint density at radius 1 is 1.44 bits per heavy atom. The van der Waals surface area contributed by atoms with Gasteiger partial charge in [-0.3, -0.25) is 0 Å². The van der Waals surface area contributed by atoms with Crippen LogP contribution in [0.1, 0.15) is 48.2 Å². The number of ether oxygens (including phenoxy) is 1. The Morgan fingerprint density at radius 3 is 2.61 bits per heavy atom. The molecule has 0 aliphatic carbocycles. The Morgan fingerprint density at radius 2 is 2.11 bits per heavy atom. The lowest BCUT2D eigenvalue weighted by molar-refractivity contribution is 0.0686. The maximum Gasteiger partial charge on any atom is 0.336 e. The van der Waals surface area contributed by atoms with E-state index in [9.17, 15) is 15.0 Å². The Kier molecular flexibility index (Phi) is 4.97. The summed E-state index contributed by atoms with van der Waals surface area (Å²) in [5.41, 5.74) is 0.0895. The Labute approximate surface area is 106 Å². The molecule has 1 unspecified atom stereocenters. The van der Waals surface area contributed by atoms with E-state index in [4.69, 9.17) is 9.84 Å². The molecule has 5 heteroatoms. The average Bonchev–Trinajstić information content (AvgIpc) is 2.34. The molecule has 0 fully saturated rings. The average molecular weight is 254 g/mol. The highest BCUT2D eigenvalue weighted by atomic mass is 16.5. The van der Waals surface area contributed by atoms with Crippen LogP contribution >= 0.6 is 0 Å². The largest absolute Gasteiger partial charge is 0.504 e. The third-order valence-corrected chi connectivity index (χ3v) is 2.77. The minimum atomic E-state index is -1.15. The van der Waals surface area contributed by atoms with Crippen LogP contribution in [0.3, 0.4) is 0 Å². The van der Waals surface area contributed by atoms with Crippen molar-refractivity contribution in [3.8, 4) is 11.5 Å². The Bertz CT molecular complexity index is 428. The molecule has 100 valence electrons. The Balaban J connectivity index is 3.26. The summed E-state index contributed by atoms with van der Waals surface area (Å²) in [6.07, 6.45) is 1.12. The summed E-state index contributed by atoms with van der Waals surface area (Å²) in [4.78, 5) is 11.1. The summed E-state index contributed by atoms with van der Waals surface area (Å²) < 4.78 is 4.99. The first-order valence-electron chi connectivity index (χ1n) is 5.84. The van der Waals surface area contributed by atoms with Crippen LogP contribution in [-0.4, -0.2) is 28.4 Å². The molecule has 0 bridgehead atoms. The highest BCUT2D eigenvalue weighted by Gasteiger charge is 2.23. The van der Waals surface area contributed by atoms with Crippen LogP contribution in [0.4, 0.5) is 0 Å². The molecule has 0 aromatic heterocycles. The lowest BCUT2D eigenvalue weighted by Gasteiger charge is -2.18. The molecule has 1 rings (SSSR count). The number of rotatable bonds is 6. The number of aromatic carboxylic acids is 1. The topological polar surface area (TPSA) is 87.0 Å². The van der Waals surface area contributed by atoms with Crippen LogP contribution < -0.4 is 4.74 Å². The number of hydrogen-bond donors (Lipinski definition) is 3. The van der Waals surface area contributed by atoms with Crippen molar-refractivity contribution in [3.05, 3.63) is 23.3 Å². The number of aliphatic hydroxyl groups is 1. The summed E-state index contributed by atoms with van der Waals surface area (Å²) in [7, 11) is 1.33. The van der Waals surface area contributed by atoms with Gasteiger partial charge in [-0.2, -0.15) is 0 Å². The van der Waals surface area contributed by atoms with E-state index in [1.165, 1.54) is 19.2 Å². The molecular weight excluding hydrogens is 236 g/mol. The fourth-order valence-electron chi connectivity index (χ4n) is 1.86. The van der Waals surface area contributed by atoms with Gasteiger partial charge in [-0.05, 0) is 18.6 Å². The van der Waals surface area contributed by atoms with Gasteiger partial charge >= 0.3 is 5.97 Å². The fourth-order valence-corrected chi connectivity index (χ4v) is 1.86. The first-order valence-corrected chi connectivity index (χ1v) is 5.84. The number of methoxy groups -OCH3 is 1. The van der Waals surface area contributed by atoms with Gasteiger partial charge in [0.1, 0.15) is 0 Å². The van der Waals surface area contributed by atoms with Crippen molar-refractivity contribution in [2.24, 2.45) is 0 Å². The zero-order chi connectivity index (χ0) is 13.7. The second kappa shape index (κ2) is 6.26. The number of phenols is 1. The van der Waals surface area contributed by atoms with Crippen LogP contribution in [0.25, 0.3) is 0 Å². The third kappa shape index (κ3) is 2.92. The Hall–Kier alpha value is -1.75. The number of unbranched alkanes of at least 4 members (excludes halogenated alkanes) is 1. The quantitative estimate of drug-likeness (QED) is 0.725. The summed E-state index contributed by atoms with van der Waals surface area (Å²) >= 11 is 0. The van der Waals surface area contributed by atoms with E-state index >= 15 is 0 Å². The predicted molar refractivity (Wildman–Crippen MR) is 66.1 cm³/mol. The second-order valence-corrected chi connectivity index (χ2v) is 4.04. The summed E-state index contributed by atoms with van der Waals surface area (Å²) in [5, 5.41) is 28.8. The summed E-state index contributed by atoms with van der Waals surface area (Å²) in [6.45, 7) is 1.98. The first-order chi connectivity index (χ1) is 8.52. The number of carboxylic acids is 1. The molecule has 0 saturated heterocycles. The minimum Gasteiger partial charge on any atom is -0.504 e. The number of hydrogen-bond acceptors (Lipinski definition) is 4. The SMILES string of the molecule is CCCCC(O)c1c(C(=O)O)ccc(O)c1OC. The maximum absolute atomic E-state index is 11.1. The molecule has 1 aromatic rings. The first kappa shape index (κ1) is 14.3. The summed E-state index contributed by atoms with van der Waals surface area (Å²) in [6, 6.07) is 2.52. The highest BCUT2D eigenvalue weighted by Crippen LogP contribution is 2.38. The van der Waals surface area contributed by atoms with Crippen molar-refractivity contribution < 1.29 is 24.9 Å². The van der Waals surface area contributed by atoms with E-state index in [0.717, 1.165) is 12.8 Å². The van der Waals surface area contributed by atoms with E-state index in [0.29, 0.717) is 6.42 Å². The molecular formula is C13H18O5. The van der Waals surface area contributed by atoms with Crippen molar-refractivity contribution in [1.29, 1.82) is 0 Å². The lowest BCUT2D eigenvalue weighted by atomic mass is 9.97. The van der Waals surface area contributed by atoms with E-state index in [2.05, 4.69) is 0 Å². The van der Waals surface area contributed by atoms with Gasteiger partial charge in [-0.1, -0.05) is 19.8 Å². The van der Waals surface area contributed by atoms with Crippen LogP contribution in [0.15, 0.2) is 12.1 Å². The number of aromatic hydroxyl groups is 1. The van der Waals surface area contributed by atoms with Gasteiger partial charge in [0.05, 0.1) is 18.8 Å². The van der Waals surface area contributed by atoms with Crippen molar-refractivity contribution in [3.63, 3.8) is 0 Å². The van der Waals surface area contributed by atoms with E-state index in [1.807, 2.05) is 6.92 Å². The van der Waals surface area contributed by atoms with Gasteiger partial charge < -0.3 is 20.1 Å². The third-order valence-electron chi connectivity index (χ3n) is 2.77. The zero-order valence-electron chi connectivity index (χ0n) is 10.5. The number of aliphatic hydroxyl groups excluding tert-OH is 1. The number of carbonyl (C=O) groups is 1. The van der Waals surface area contributed by atoms with Crippen LogP contribution in [0.5, 0.6) is 11.5 Å². The van der Waals surface area contributed by atoms with E-state index in [-0.39, 0.29) is 22.6 Å². The predicted octanol–water partition coefficient (Wildman–Crippen LogP) is 2.32. The highest BCUT2D eigenvalue weighted by molar-refractivity contribution is 5.91. The van der Waals surface area contributed by atoms with E-state index < -0.39 is 12.1 Å². The molecule has 5 nitrogen and oxygen atoms in total. The van der Waals surface area contributed by atoms with E-state index in [1.54, 1.807) is 0 Å². The molecule has 0 aliphatic heterocycles. The van der Waals surface area contributed by atoms with Gasteiger partial charge in [-0.15, -0.1) is 0 Å². The summed E-state index contributed by atoms with van der Waals surface area (Å²) in [5.74, 6) is -1.30. The molecule has 0 saturated carbocycles. The zero-order valence-corrected chi connectivity index (χ0v) is 10.5. The van der Waals surface area contributed by atoms with Gasteiger partial charge in [0.2, 0.25) is 0 Å². The van der Waals surface area contributed by atoms with Gasteiger partial charge in [0, 0.05) is 5.56 Å². The molecule has 0 aliphatic rings. The monoisotopic (exact) mass is 254 g/mol. The molecule has 18 heavy (non-hydrogen) atoms. The fraction of sp³-hybridized carbons (Fsp3) is 0.462. The normalized spacial score (nSPS) is 12.2. The van der Waals surface area contributed by atoms with Crippen LogP contribution in [0.2, 0.25) is 0 Å². The van der Waals surface area contributed by atoms with Crippen LogP contribution in [0, 0.1) is 0 Å².